The van der Waals surface area contributed by atoms with Gasteiger partial charge in [-0.1, -0.05) is 22.9 Å². The molecule has 4 heterocycles. The van der Waals surface area contributed by atoms with E-state index in [4.69, 9.17) is 0 Å². The molecule has 11 heteroatoms. The number of hydrogen-bond donors (Lipinski definition) is 1. The lowest BCUT2D eigenvalue weighted by Crippen LogP contribution is -2.33. The van der Waals surface area contributed by atoms with Crippen molar-refractivity contribution in [3.63, 3.8) is 0 Å². The topological polar surface area (TPSA) is 118 Å². The van der Waals surface area contributed by atoms with Crippen LogP contribution in [-0.4, -0.2) is 44.3 Å². The largest absolute Gasteiger partial charge is 0.362 e. The van der Waals surface area contributed by atoms with Crippen LogP contribution in [0.15, 0.2) is 63.5 Å². The molecular weight excluding hydrogens is 454 g/mol. The minimum atomic E-state index is -4.00. The molecular formula is C23H21N7O3S. The molecule has 1 aliphatic rings. The summed E-state index contributed by atoms with van der Waals surface area (Å²) in [5.41, 5.74) is 2.58. The first-order chi connectivity index (χ1) is 16.3. The number of sulfone groups is 1. The smallest absolute Gasteiger partial charge is 0.259 e. The number of benzene rings is 2. The van der Waals surface area contributed by atoms with E-state index in [1.807, 2.05) is 25.3 Å². The van der Waals surface area contributed by atoms with Crippen molar-refractivity contribution in [1.29, 1.82) is 0 Å². The molecule has 10 nitrogen and oxygen atoms in total. The Bertz CT molecular complexity index is 1760. The molecule has 172 valence electrons. The third-order valence-corrected chi connectivity index (χ3v) is 8.13. The highest BCUT2D eigenvalue weighted by Crippen LogP contribution is 2.28. The fraction of sp³-hybridized carbons (Fsp3) is 0.217. The van der Waals surface area contributed by atoms with Crippen molar-refractivity contribution >= 4 is 32.1 Å². The number of nitrogens with zero attached hydrogens (tertiary/aromatic N) is 6. The van der Waals surface area contributed by atoms with Gasteiger partial charge in [0.25, 0.3) is 5.56 Å². The molecule has 0 spiro atoms. The van der Waals surface area contributed by atoms with Crippen LogP contribution in [0.2, 0.25) is 0 Å². The Balaban J connectivity index is 1.51. The van der Waals surface area contributed by atoms with Gasteiger partial charge in [-0.05, 0) is 43.7 Å². The fourth-order valence-electron chi connectivity index (χ4n) is 4.58. The van der Waals surface area contributed by atoms with Crippen LogP contribution in [-0.2, 0) is 22.9 Å². The van der Waals surface area contributed by atoms with Crippen LogP contribution < -0.4 is 10.5 Å². The maximum absolute atomic E-state index is 13.4. The number of hydrogen-bond acceptors (Lipinski definition) is 7. The Morgan fingerprint density at radius 1 is 1.06 bits per heavy atom. The highest BCUT2D eigenvalue weighted by Gasteiger charge is 2.28. The highest BCUT2D eigenvalue weighted by molar-refractivity contribution is 7.91. The van der Waals surface area contributed by atoms with Crippen molar-refractivity contribution in [3.8, 4) is 0 Å². The summed E-state index contributed by atoms with van der Waals surface area (Å²) in [6.07, 6.45) is 3.75. The summed E-state index contributed by atoms with van der Waals surface area (Å²) in [5.74, 6) is 0.963. The Hall–Kier alpha value is -3.99. The number of aromatic amines is 1. The van der Waals surface area contributed by atoms with Crippen LogP contribution in [0.5, 0.6) is 0 Å². The van der Waals surface area contributed by atoms with Gasteiger partial charge in [0.2, 0.25) is 14.9 Å². The zero-order chi connectivity index (χ0) is 23.6. The number of aryl methyl sites for hydroxylation is 2. The molecule has 1 N–H and O–H groups in total. The molecule has 0 radical (unpaired) electrons. The molecule has 5 aromatic rings. The first kappa shape index (κ1) is 20.6. The predicted molar refractivity (Wildman–Crippen MR) is 126 cm³/mol. The number of anilines is 1. The standard InChI is InChI=1S/C23H21N7O3S/c1-14-3-6-19(15(2)11-14)34(32,33)23-21-25-22(31)17-5-4-16(12-18(17)30(21)27-26-23)29-10-9-28-8-7-24-20(28)13-29/h3-8,11-12H,9-10,13H2,1-2H3,(H,25,31). The van der Waals surface area contributed by atoms with Crippen LogP contribution in [0.4, 0.5) is 5.69 Å². The SMILES string of the molecule is Cc1ccc(S(=O)(=O)c2nnn3c2[nH]c(=O)c2ccc(N4CCn5ccnc5C4)cc23)c(C)c1. The first-order valence-corrected chi connectivity index (χ1v) is 12.3. The third-order valence-electron chi connectivity index (χ3n) is 6.31. The zero-order valence-electron chi connectivity index (χ0n) is 18.6. The van der Waals surface area contributed by atoms with E-state index in [9.17, 15) is 13.2 Å². The van der Waals surface area contributed by atoms with Crippen LogP contribution in [0.3, 0.4) is 0 Å². The van der Waals surface area contributed by atoms with E-state index >= 15 is 0 Å². The Morgan fingerprint density at radius 3 is 2.74 bits per heavy atom. The molecule has 0 bridgehead atoms. The van der Waals surface area contributed by atoms with Gasteiger partial charge < -0.3 is 14.5 Å². The van der Waals surface area contributed by atoms with Crippen LogP contribution in [0.1, 0.15) is 17.0 Å². The zero-order valence-corrected chi connectivity index (χ0v) is 19.4. The second kappa shape index (κ2) is 7.26. The summed E-state index contributed by atoms with van der Waals surface area (Å²) in [5, 5.41) is 8.24. The van der Waals surface area contributed by atoms with Crippen LogP contribution in [0.25, 0.3) is 16.6 Å². The minimum absolute atomic E-state index is 0.0452. The van der Waals surface area contributed by atoms with Gasteiger partial charge in [0.05, 0.1) is 22.3 Å². The molecule has 0 unspecified atom stereocenters. The molecule has 0 amide bonds. The van der Waals surface area contributed by atoms with Crippen molar-refractivity contribution in [1.82, 2.24) is 29.4 Å². The average molecular weight is 476 g/mol. The number of fused-ring (bicyclic) bond motifs is 4. The fourth-order valence-corrected chi connectivity index (χ4v) is 6.06. The number of nitrogens with one attached hydrogen (secondary N) is 1. The van der Waals surface area contributed by atoms with Crippen molar-refractivity contribution in [2.24, 2.45) is 0 Å². The van der Waals surface area contributed by atoms with Gasteiger partial charge in [0.15, 0.2) is 5.65 Å². The van der Waals surface area contributed by atoms with E-state index in [1.165, 1.54) is 4.52 Å². The monoisotopic (exact) mass is 475 g/mol. The summed E-state index contributed by atoms with van der Waals surface area (Å²) in [6.45, 7) is 5.85. The van der Waals surface area contributed by atoms with Crippen molar-refractivity contribution in [2.45, 2.75) is 36.9 Å². The lowest BCUT2D eigenvalue weighted by atomic mass is 10.2. The van der Waals surface area contributed by atoms with E-state index in [-0.39, 0.29) is 15.6 Å². The molecule has 3 aromatic heterocycles. The molecule has 6 rings (SSSR count). The van der Waals surface area contributed by atoms with E-state index in [0.717, 1.165) is 30.2 Å². The Kier molecular flexibility index (Phi) is 4.40. The van der Waals surface area contributed by atoms with Crippen molar-refractivity contribution < 1.29 is 8.42 Å². The second-order valence-corrected chi connectivity index (χ2v) is 10.4. The van der Waals surface area contributed by atoms with Crippen molar-refractivity contribution in [3.05, 3.63) is 76.1 Å². The number of rotatable bonds is 3. The predicted octanol–water partition coefficient (Wildman–Crippen LogP) is 2.24. The highest BCUT2D eigenvalue weighted by atomic mass is 32.2. The Labute approximate surface area is 194 Å². The molecule has 1 aliphatic heterocycles. The molecule has 0 fully saturated rings. The third kappa shape index (κ3) is 3.04. The van der Waals surface area contributed by atoms with Crippen LogP contribution >= 0.6 is 0 Å². The average Bonchev–Trinajstić information content (AvgIpc) is 3.45. The van der Waals surface area contributed by atoms with Gasteiger partial charge in [0, 0.05) is 31.2 Å². The number of aromatic nitrogens is 6. The molecule has 0 aliphatic carbocycles. The van der Waals surface area contributed by atoms with Gasteiger partial charge in [-0.2, -0.15) is 4.52 Å². The number of imidazole rings is 1. The first-order valence-electron chi connectivity index (χ1n) is 10.8. The lowest BCUT2D eigenvalue weighted by molar-refractivity contribution is 0.560. The summed E-state index contributed by atoms with van der Waals surface area (Å²) < 4.78 is 30.4. The molecule has 0 saturated carbocycles. The molecule has 2 aromatic carbocycles. The quantitative estimate of drug-likeness (QED) is 0.425. The lowest BCUT2D eigenvalue weighted by Gasteiger charge is -2.29. The summed E-state index contributed by atoms with van der Waals surface area (Å²) in [4.78, 5) is 22.3. The van der Waals surface area contributed by atoms with E-state index in [2.05, 4.69) is 29.7 Å². The summed E-state index contributed by atoms with van der Waals surface area (Å²) >= 11 is 0. The maximum Gasteiger partial charge on any atom is 0.259 e. The van der Waals surface area contributed by atoms with E-state index in [0.29, 0.717) is 23.0 Å². The van der Waals surface area contributed by atoms with Crippen molar-refractivity contribution in [2.75, 3.05) is 11.4 Å². The van der Waals surface area contributed by atoms with Gasteiger partial charge >= 0.3 is 0 Å². The molecule has 0 saturated heterocycles. The van der Waals surface area contributed by atoms with Crippen LogP contribution in [0, 0.1) is 13.8 Å². The summed E-state index contributed by atoms with van der Waals surface area (Å²) in [6, 6.07) is 10.5. The van der Waals surface area contributed by atoms with Gasteiger partial charge in [0.1, 0.15) is 5.82 Å². The van der Waals surface area contributed by atoms with E-state index < -0.39 is 15.4 Å². The minimum Gasteiger partial charge on any atom is -0.362 e. The Morgan fingerprint density at radius 2 is 1.91 bits per heavy atom. The van der Waals surface area contributed by atoms with Gasteiger partial charge in [-0.15, -0.1) is 5.10 Å². The van der Waals surface area contributed by atoms with Gasteiger partial charge in [-0.3, -0.25) is 4.79 Å². The van der Waals surface area contributed by atoms with E-state index in [1.54, 1.807) is 37.4 Å². The maximum atomic E-state index is 13.4. The summed E-state index contributed by atoms with van der Waals surface area (Å²) in [7, 11) is -4.00. The molecule has 34 heavy (non-hydrogen) atoms. The van der Waals surface area contributed by atoms with Gasteiger partial charge in [-0.25, -0.2) is 13.4 Å². The second-order valence-electron chi connectivity index (χ2n) is 8.54. The normalized spacial score (nSPS) is 14.1. The molecule has 0 atom stereocenters. The number of H-pyrrole nitrogens is 1.